The van der Waals surface area contributed by atoms with Crippen LogP contribution in [0, 0.1) is 0 Å². The first-order valence-electron chi connectivity index (χ1n) is 12.9. The molecular formula is C31H27F3N2O4. The minimum atomic E-state index is -4.43. The third-order valence-corrected chi connectivity index (χ3v) is 6.93. The van der Waals surface area contributed by atoms with Crippen molar-refractivity contribution in [1.82, 2.24) is 4.90 Å². The number of aryl methyl sites for hydroxylation is 1. The molecule has 2 N–H and O–H groups in total. The van der Waals surface area contributed by atoms with Crippen LogP contribution in [-0.2, 0) is 36.9 Å². The number of furan rings is 1. The van der Waals surface area contributed by atoms with Crippen molar-refractivity contribution in [3.63, 3.8) is 0 Å². The van der Waals surface area contributed by atoms with Gasteiger partial charge in [0.2, 0.25) is 0 Å². The fourth-order valence-corrected chi connectivity index (χ4v) is 4.89. The number of rotatable bonds is 8. The van der Waals surface area contributed by atoms with E-state index in [1.165, 1.54) is 12.1 Å². The number of carbonyl (C=O) groups is 2. The average Bonchev–Trinajstić information content (AvgIpc) is 3.38. The van der Waals surface area contributed by atoms with E-state index in [0.29, 0.717) is 47.6 Å². The highest BCUT2D eigenvalue weighted by atomic mass is 19.4. The van der Waals surface area contributed by atoms with Gasteiger partial charge in [0.15, 0.2) is 0 Å². The number of halogens is 3. The first kappa shape index (κ1) is 27.2. The monoisotopic (exact) mass is 548 g/mol. The summed E-state index contributed by atoms with van der Waals surface area (Å²) < 4.78 is 44.7. The van der Waals surface area contributed by atoms with Gasteiger partial charge in [0, 0.05) is 30.8 Å². The van der Waals surface area contributed by atoms with E-state index in [-0.39, 0.29) is 12.3 Å². The summed E-state index contributed by atoms with van der Waals surface area (Å²) in [6.07, 6.45) is -3.25. The zero-order valence-corrected chi connectivity index (χ0v) is 21.5. The zero-order valence-electron chi connectivity index (χ0n) is 21.5. The van der Waals surface area contributed by atoms with E-state index < -0.39 is 17.7 Å². The summed E-state index contributed by atoms with van der Waals surface area (Å²) in [5, 5.41) is 11.8. The average molecular weight is 549 g/mol. The normalized spacial score (nSPS) is 13.6. The number of alkyl halides is 3. The van der Waals surface area contributed by atoms with Crippen molar-refractivity contribution >= 4 is 17.6 Å². The van der Waals surface area contributed by atoms with Gasteiger partial charge < -0.3 is 14.8 Å². The lowest BCUT2D eigenvalue weighted by molar-refractivity contribution is -0.138. The smallest absolute Gasteiger partial charge is 0.416 e. The van der Waals surface area contributed by atoms with Gasteiger partial charge >= 0.3 is 12.1 Å². The molecule has 0 unspecified atom stereocenters. The Morgan fingerprint density at radius 2 is 1.68 bits per heavy atom. The Bertz CT molecular complexity index is 1530. The molecule has 4 aromatic rings. The number of hydrogen-bond acceptors (Lipinski definition) is 4. The van der Waals surface area contributed by atoms with Crippen molar-refractivity contribution in [1.29, 1.82) is 0 Å². The highest BCUT2D eigenvalue weighted by Gasteiger charge is 2.30. The molecule has 1 amide bonds. The molecule has 0 aliphatic carbocycles. The van der Waals surface area contributed by atoms with Crippen LogP contribution in [0.4, 0.5) is 18.9 Å². The van der Waals surface area contributed by atoms with Gasteiger partial charge in [-0.05, 0) is 71.1 Å². The number of hydrogen-bond donors (Lipinski definition) is 2. The van der Waals surface area contributed by atoms with Crippen LogP contribution in [0.2, 0.25) is 0 Å². The molecule has 3 aromatic carbocycles. The van der Waals surface area contributed by atoms with Gasteiger partial charge in [-0.1, -0.05) is 36.4 Å². The predicted octanol–water partition coefficient (Wildman–Crippen LogP) is 6.79. The molecule has 0 saturated heterocycles. The van der Waals surface area contributed by atoms with Crippen LogP contribution in [0.15, 0.2) is 83.3 Å². The first-order valence-corrected chi connectivity index (χ1v) is 12.9. The summed E-state index contributed by atoms with van der Waals surface area (Å²) in [5.41, 5.74) is 3.62. The van der Waals surface area contributed by atoms with Crippen molar-refractivity contribution in [3.05, 3.63) is 113 Å². The van der Waals surface area contributed by atoms with Crippen LogP contribution in [0.1, 0.15) is 45.0 Å². The van der Waals surface area contributed by atoms with Gasteiger partial charge in [0.05, 0.1) is 18.5 Å². The lowest BCUT2D eigenvalue weighted by atomic mass is 9.97. The standard InChI is InChI=1S/C31H27F3N2O4/c32-31(33,34)23-8-5-20(6-9-23)27-3-1-2-4-28(27)30(39)35-24-10-7-22-18-36(16-15-21(22)17-24)19-26-12-11-25(40-26)13-14-29(37)38/h1-12,17H,13-16,18-19H2,(H,35,39)(H,37,38). The van der Waals surface area contributed by atoms with Crippen LogP contribution in [0.3, 0.4) is 0 Å². The fourth-order valence-electron chi connectivity index (χ4n) is 4.89. The molecule has 1 aliphatic heterocycles. The molecule has 2 heterocycles. The second kappa shape index (κ2) is 11.4. The van der Waals surface area contributed by atoms with Crippen molar-refractivity contribution < 1.29 is 32.3 Å². The number of aliphatic carboxylic acids is 1. The van der Waals surface area contributed by atoms with E-state index >= 15 is 0 Å². The van der Waals surface area contributed by atoms with Gasteiger partial charge in [0.25, 0.3) is 5.91 Å². The van der Waals surface area contributed by atoms with E-state index in [1.807, 2.05) is 30.3 Å². The Morgan fingerprint density at radius 1 is 0.925 bits per heavy atom. The quantitative estimate of drug-likeness (QED) is 0.253. The number of benzene rings is 3. The molecule has 0 spiro atoms. The molecule has 6 nitrogen and oxygen atoms in total. The summed E-state index contributed by atoms with van der Waals surface area (Å²) >= 11 is 0. The molecule has 0 atom stereocenters. The van der Waals surface area contributed by atoms with Crippen molar-refractivity contribution in [2.24, 2.45) is 0 Å². The molecule has 9 heteroatoms. The van der Waals surface area contributed by atoms with Crippen LogP contribution in [0.25, 0.3) is 11.1 Å². The van der Waals surface area contributed by atoms with Crippen molar-refractivity contribution in [2.75, 3.05) is 11.9 Å². The third kappa shape index (κ3) is 6.43. The van der Waals surface area contributed by atoms with E-state index in [0.717, 1.165) is 42.0 Å². The molecule has 0 bridgehead atoms. The van der Waals surface area contributed by atoms with Crippen LogP contribution < -0.4 is 5.32 Å². The number of carboxylic acids is 1. The lowest BCUT2D eigenvalue weighted by Crippen LogP contribution is -2.30. The van der Waals surface area contributed by atoms with Gasteiger partial charge in [-0.3, -0.25) is 14.5 Å². The molecule has 0 radical (unpaired) electrons. The van der Waals surface area contributed by atoms with E-state index in [9.17, 15) is 22.8 Å². The van der Waals surface area contributed by atoms with Crippen LogP contribution in [0.5, 0.6) is 0 Å². The van der Waals surface area contributed by atoms with Gasteiger partial charge in [-0.15, -0.1) is 0 Å². The Morgan fingerprint density at radius 3 is 2.42 bits per heavy atom. The molecule has 1 aliphatic rings. The highest BCUT2D eigenvalue weighted by molar-refractivity contribution is 6.08. The number of carbonyl (C=O) groups excluding carboxylic acids is 1. The first-order chi connectivity index (χ1) is 19.2. The minimum Gasteiger partial charge on any atom is -0.481 e. The van der Waals surface area contributed by atoms with Gasteiger partial charge in [-0.2, -0.15) is 13.2 Å². The maximum absolute atomic E-state index is 13.2. The number of amides is 1. The summed E-state index contributed by atoms with van der Waals surface area (Å²) in [6, 6.07) is 21.1. The lowest BCUT2D eigenvalue weighted by Gasteiger charge is -2.28. The third-order valence-electron chi connectivity index (χ3n) is 6.93. The maximum atomic E-state index is 13.2. The van der Waals surface area contributed by atoms with Gasteiger partial charge in [-0.25, -0.2) is 0 Å². The number of nitrogens with one attached hydrogen (secondary N) is 1. The Kier molecular flexibility index (Phi) is 7.75. The van der Waals surface area contributed by atoms with Gasteiger partial charge in [0.1, 0.15) is 11.5 Å². The molecule has 40 heavy (non-hydrogen) atoms. The Hall–Kier alpha value is -4.37. The zero-order chi connectivity index (χ0) is 28.3. The second-order valence-corrected chi connectivity index (χ2v) is 9.78. The summed E-state index contributed by atoms with van der Waals surface area (Å²) in [5.74, 6) is 0.253. The highest BCUT2D eigenvalue weighted by Crippen LogP contribution is 2.32. The summed E-state index contributed by atoms with van der Waals surface area (Å²) in [4.78, 5) is 26.2. The van der Waals surface area contributed by atoms with E-state index in [1.54, 1.807) is 24.3 Å². The number of fused-ring (bicyclic) bond motifs is 1. The molecule has 5 rings (SSSR count). The van der Waals surface area contributed by atoms with Crippen molar-refractivity contribution in [2.45, 2.75) is 38.5 Å². The SMILES string of the molecule is O=C(O)CCc1ccc(CN2CCc3cc(NC(=O)c4ccccc4-c4ccc(C(F)(F)F)cc4)ccc3C2)o1. The summed E-state index contributed by atoms with van der Waals surface area (Å²) in [6.45, 7) is 2.13. The Labute approximate surface area is 229 Å². The largest absolute Gasteiger partial charge is 0.481 e. The summed E-state index contributed by atoms with van der Waals surface area (Å²) in [7, 11) is 0. The fraction of sp³-hybridized carbons (Fsp3) is 0.226. The number of carboxylic acid groups (broad SMARTS) is 1. The maximum Gasteiger partial charge on any atom is 0.416 e. The second-order valence-electron chi connectivity index (χ2n) is 9.78. The molecule has 0 saturated carbocycles. The number of nitrogens with zero attached hydrogens (tertiary/aromatic N) is 1. The predicted molar refractivity (Wildman–Crippen MR) is 144 cm³/mol. The van der Waals surface area contributed by atoms with Crippen LogP contribution in [-0.4, -0.2) is 28.4 Å². The molecule has 0 fully saturated rings. The molecule has 206 valence electrons. The minimum absolute atomic E-state index is 0.0313. The molecule has 1 aromatic heterocycles. The number of anilines is 1. The Balaban J connectivity index is 1.24. The topological polar surface area (TPSA) is 82.8 Å². The van der Waals surface area contributed by atoms with Crippen LogP contribution >= 0.6 is 0 Å². The molecular weight excluding hydrogens is 521 g/mol. The van der Waals surface area contributed by atoms with E-state index in [4.69, 9.17) is 9.52 Å². The van der Waals surface area contributed by atoms with Crippen molar-refractivity contribution in [3.8, 4) is 11.1 Å². The van der Waals surface area contributed by atoms with E-state index in [2.05, 4.69) is 10.2 Å².